The first-order chi connectivity index (χ1) is 18.5. The maximum Gasteiger partial charge on any atom is 0.416 e. The molecule has 0 radical (unpaired) electrons. The van der Waals surface area contributed by atoms with Crippen LogP contribution in [0.1, 0.15) is 16.7 Å². The number of ether oxygens (including phenoxy) is 2. The highest BCUT2D eigenvalue weighted by Crippen LogP contribution is 2.36. The minimum Gasteiger partial charge on any atom is -0.495 e. The molecule has 1 N–H and O–H groups in total. The lowest BCUT2D eigenvalue weighted by molar-refractivity contribution is -0.137. The SMILES string of the molecule is COc1ccc(C(F)(F)F)cc1NC(=O)CN1C(=O)S/C(=C\c2ccc(OCc3ccccc3F)cc2)C1=O. The van der Waals surface area contributed by atoms with Crippen LogP contribution in [0.2, 0.25) is 0 Å². The smallest absolute Gasteiger partial charge is 0.416 e. The molecule has 0 saturated carbocycles. The van der Waals surface area contributed by atoms with Crippen LogP contribution < -0.4 is 14.8 Å². The molecule has 0 aromatic heterocycles. The van der Waals surface area contributed by atoms with Gasteiger partial charge in [0.2, 0.25) is 5.91 Å². The van der Waals surface area contributed by atoms with Gasteiger partial charge in [0, 0.05) is 5.56 Å². The van der Waals surface area contributed by atoms with Gasteiger partial charge in [-0.05, 0) is 59.8 Å². The van der Waals surface area contributed by atoms with E-state index < -0.39 is 35.3 Å². The first kappa shape index (κ1) is 27.7. The van der Waals surface area contributed by atoms with E-state index in [1.165, 1.54) is 19.3 Å². The van der Waals surface area contributed by atoms with Gasteiger partial charge in [0.15, 0.2) is 0 Å². The average molecular weight is 561 g/mol. The molecule has 4 rings (SSSR count). The van der Waals surface area contributed by atoms with Gasteiger partial charge in [0.05, 0.1) is 23.3 Å². The second-order valence-corrected chi connectivity index (χ2v) is 9.17. The van der Waals surface area contributed by atoms with E-state index >= 15 is 0 Å². The van der Waals surface area contributed by atoms with Crippen molar-refractivity contribution < 1.29 is 41.4 Å². The van der Waals surface area contributed by atoms with Crippen LogP contribution in [0, 0.1) is 5.82 Å². The zero-order valence-corrected chi connectivity index (χ0v) is 21.1. The third-order valence-corrected chi connectivity index (χ3v) is 6.41. The Labute approximate surface area is 224 Å². The molecule has 0 unspecified atom stereocenters. The number of alkyl halides is 3. The van der Waals surface area contributed by atoms with Crippen LogP contribution >= 0.6 is 11.8 Å². The van der Waals surface area contributed by atoms with Gasteiger partial charge in [-0.3, -0.25) is 19.3 Å². The third kappa shape index (κ3) is 6.77. The largest absolute Gasteiger partial charge is 0.495 e. The monoisotopic (exact) mass is 560 g/mol. The van der Waals surface area contributed by atoms with Crippen molar-refractivity contribution in [2.75, 3.05) is 19.0 Å². The van der Waals surface area contributed by atoms with E-state index in [9.17, 15) is 31.9 Å². The van der Waals surface area contributed by atoms with Crippen molar-refractivity contribution >= 4 is 40.6 Å². The molecule has 1 saturated heterocycles. The summed E-state index contributed by atoms with van der Waals surface area (Å²) in [6.07, 6.45) is -3.19. The van der Waals surface area contributed by atoms with E-state index in [1.807, 2.05) is 0 Å². The van der Waals surface area contributed by atoms with Crippen LogP contribution in [0.5, 0.6) is 11.5 Å². The molecule has 7 nitrogen and oxygen atoms in total. The molecule has 1 aliphatic heterocycles. The van der Waals surface area contributed by atoms with Crippen molar-refractivity contribution in [2.45, 2.75) is 12.8 Å². The summed E-state index contributed by atoms with van der Waals surface area (Å²) >= 11 is 0.624. The zero-order chi connectivity index (χ0) is 28.2. The summed E-state index contributed by atoms with van der Waals surface area (Å²) < 4.78 is 63.5. The summed E-state index contributed by atoms with van der Waals surface area (Å²) in [5.41, 5.74) is -0.295. The number of carbonyl (C=O) groups excluding carboxylic acids is 3. The highest BCUT2D eigenvalue weighted by molar-refractivity contribution is 8.18. The summed E-state index contributed by atoms with van der Waals surface area (Å²) in [6.45, 7) is -0.677. The summed E-state index contributed by atoms with van der Waals surface area (Å²) in [6, 6.07) is 15.3. The quantitative estimate of drug-likeness (QED) is 0.265. The maximum absolute atomic E-state index is 13.7. The van der Waals surface area contributed by atoms with Crippen LogP contribution in [0.15, 0.2) is 71.6 Å². The molecule has 3 aromatic carbocycles. The Balaban J connectivity index is 1.39. The normalized spacial score (nSPS) is 14.6. The number of hydrogen-bond donors (Lipinski definition) is 1. The van der Waals surface area contributed by atoms with E-state index in [0.29, 0.717) is 39.6 Å². The van der Waals surface area contributed by atoms with E-state index in [4.69, 9.17) is 9.47 Å². The Morgan fingerprint density at radius 1 is 1.05 bits per heavy atom. The van der Waals surface area contributed by atoms with Crippen LogP contribution in [0.3, 0.4) is 0 Å². The predicted molar refractivity (Wildman–Crippen MR) is 136 cm³/mol. The number of imide groups is 1. The van der Waals surface area contributed by atoms with Gasteiger partial charge in [-0.25, -0.2) is 4.39 Å². The van der Waals surface area contributed by atoms with E-state index in [1.54, 1.807) is 42.5 Å². The molecule has 202 valence electrons. The number of nitrogens with one attached hydrogen (secondary N) is 1. The van der Waals surface area contributed by atoms with Crippen molar-refractivity contribution in [3.05, 3.63) is 94.1 Å². The highest BCUT2D eigenvalue weighted by Gasteiger charge is 2.37. The Bertz CT molecular complexity index is 1440. The summed E-state index contributed by atoms with van der Waals surface area (Å²) in [5.74, 6) is -1.55. The van der Waals surface area contributed by atoms with Crippen LogP contribution in [0.4, 0.5) is 28.0 Å². The van der Waals surface area contributed by atoms with Crippen molar-refractivity contribution in [1.29, 1.82) is 0 Å². The Morgan fingerprint density at radius 3 is 2.44 bits per heavy atom. The number of halogens is 4. The molecule has 0 atom stereocenters. The number of thioether (sulfide) groups is 1. The second-order valence-electron chi connectivity index (χ2n) is 8.18. The van der Waals surface area contributed by atoms with Gasteiger partial charge in [-0.1, -0.05) is 30.3 Å². The molecular formula is C27H20F4N2O5S. The topological polar surface area (TPSA) is 84.9 Å². The van der Waals surface area contributed by atoms with Gasteiger partial charge >= 0.3 is 6.18 Å². The molecule has 12 heteroatoms. The maximum atomic E-state index is 13.7. The van der Waals surface area contributed by atoms with Gasteiger partial charge in [-0.2, -0.15) is 13.2 Å². The molecule has 1 fully saturated rings. The molecule has 0 spiro atoms. The van der Waals surface area contributed by atoms with Gasteiger partial charge in [0.1, 0.15) is 30.5 Å². The highest BCUT2D eigenvalue weighted by atomic mass is 32.2. The van der Waals surface area contributed by atoms with Gasteiger partial charge in [0.25, 0.3) is 11.1 Å². The van der Waals surface area contributed by atoms with Crippen molar-refractivity contribution in [3.8, 4) is 11.5 Å². The van der Waals surface area contributed by atoms with Crippen molar-refractivity contribution in [3.63, 3.8) is 0 Å². The number of methoxy groups -OCH3 is 1. The number of amides is 3. The lowest BCUT2D eigenvalue weighted by atomic mass is 10.1. The van der Waals surface area contributed by atoms with E-state index in [-0.39, 0.29) is 28.8 Å². The number of carbonyl (C=O) groups is 3. The Hall–Kier alpha value is -4.32. The van der Waals surface area contributed by atoms with Crippen LogP contribution in [-0.2, 0) is 22.4 Å². The molecular weight excluding hydrogens is 540 g/mol. The zero-order valence-electron chi connectivity index (χ0n) is 20.3. The number of rotatable bonds is 8. The minimum atomic E-state index is -4.65. The first-order valence-electron chi connectivity index (χ1n) is 11.3. The fourth-order valence-corrected chi connectivity index (χ4v) is 4.38. The molecule has 39 heavy (non-hydrogen) atoms. The standard InChI is InChI=1S/C27H20F4N2O5S/c1-37-22-11-8-18(27(29,30)31)13-21(22)32-24(34)14-33-25(35)23(39-26(33)36)12-16-6-9-19(10-7-16)38-15-17-4-2-3-5-20(17)28/h2-13H,14-15H2,1H3,(H,32,34)/b23-12-. The minimum absolute atomic E-state index is 0.0216. The number of anilines is 1. The lowest BCUT2D eigenvalue weighted by Gasteiger charge is -2.16. The molecule has 1 aliphatic rings. The second kappa shape index (κ2) is 11.6. The summed E-state index contributed by atoms with van der Waals surface area (Å²) in [5, 5.41) is 1.56. The van der Waals surface area contributed by atoms with Crippen LogP contribution in [0.25, 0.3) is 6.08 Å². The Morgan fingerprint density at radius 2 is 1.77 bits per heavy atom. The summed E-state index contributed by atoms with van der Waals surface area (Å²) in [7, 11) is 1.22. The van der Waals surface area contributed by atoms with Crippen molar-refractivity contribution in [2.24, 2.45) is 0 Å². The number of nitrogens with zero attached hydrogens (tertiary/aromatic N) is 1. The number of benzene rings is 3. The lowest BCUT2D eigenvalue weighted by Crippen LogP contribution is -2.36. The molecule has 3 aromatic rings. The van der Waals surface area contributed by atoms with E-state index in [0.717, 1.165) is 12.1 Å². The molecule has 1 heterocycles. The van der Waals surface area contributed by atoms with Gasteiger partial charge < -0.3 is 14.8 Å². The molecule has 0 aliphatic carbocycles. The fourth-order valence-electron chi connectivity index (χ4n) is 3.54. The van der Waals surface area contributed by atoms with Gasteiger partial charge in [-0.15, -0.1) is 0 Å². The van der Waals surface area contributed by atoms with Crippen LogP contribution in [-0.4, -0.2) is 35.6 Å². The Kier molecular flexibility index (Phi) is 8.24. The molecule has 0 bridgehead atoms. The van der Waals surface area contributed by atoms with E-state index in [2.05, 4.69) is 5.32 Å². The van der Waals surface area contributed by atoms with Crippen molar-refractivity contribution in [1.82, 2.24) is 4.90 Å². The third-order valence-electron chi connectivity index (χ3n) is 5.51. The summed E-state index contributed by atoms with van der Waals surface area (Å²) in [4.78, 5) is 38.5. The molecule has 3 amide bonds. The number of hydrogen-bond acceptors (Lipinski definition) is 6. The predicted octanol–water partition coefficient (Wildman–Crippen LogP) is 6.11. The first-order valence-corrected chi connectivity index (χ1v) is 12.1. The average Bonchev–Trinajstić information content (AvgIpc) is 3.15. The fraction of sp³-hybridized carbons (Fsp3) is 0.148.